The maximum Gasteiger partial charge on any atom is 3.00 e. The fourth-order valence-electron chi connectivity index (χ4n) is 0.642. The quantitative estimate of drug-likeness (QED) is 0.208. The second-order valence-electron chi connectivity index (χ2n) is 1.99. The van der Waals surface area contributed by atoms with E-state index < -0.39 is 0 Å². The van der Waals surface area contributed by atoms with Gasteiger partial charge in [-0.1, -0.05) is 18.9 Å². The first-order chi connectivity index (χ1) is 3.91. The Morgan fingerprint density at radius 3 is 1.92 bits per heavy atom. The summed E-state index contributed by atoms with van der Waals surface area (Å²) in [4.78, 5) is 0. The smallest absolute Gasteiger partial charge is 1.00 e. The molecule has 73 valence electrons. The Morgan fingerprint density at radius 2 is 1.58 bits per heavy atom. The van der Waals surface area contributed by atoms with Crippen LogP contribution in [0.15, 0.2) is 12.7 Å². The molecule has 0 saturated carbocycles. The molecular formula is C8H19Cl2SiZr. The van der Waals surface area contributed by atoms with Gasteiger partial charge >= 0.3 is 26.2 Å². The Morgan fingerprint density at radius 1 is 1.08 bits per heavy atom. The first-order valence-corrected chi connectivity index (χ1v) is 3.32. The van der Waals surface area contributed by atoms with Gasteiger partial charge in [0.2, 0.25) is 0 Å². The van der Waals surface area contributed by atoms with Gasteiger partial charge in [0.25, 0.3) is 0 Å². The van der Waals surface area contributed by atoms with Gasteiger partial charge in [-0.05, 0) is 23.8 Å². The van der Waals surface area contributed by atoms with Gasteiger partial charge in [-0.15, -0.1) is 6.58 Å². The molecule has 0 atom stereocenters. The maximum atomic E-state index is 3.76. The average Bonchev–Trinajstić information content (AvgIpc) is 1.81. The number of hydrogen-bond acceptors (Lipinski definition) is 0. The molecule has 0 heterocycles. The first kappa shape index (κ1) is 29.2. The van der Waals surface area contributed by atoms with Gasteiger partial charge in [-0.2, -0.15) is 6.42 Å². The number of unbranched alkanes of at least 4 members (excludes halogenated alkanes) is 4. The van der Waals surface area contributed by atoms with E-state index in [1.807, 2.05) is 6.08 Å². The maximum absolute atomic E-state index is 3.76. The standard InChI is InChI=1S/C8H15.2ClH.H4Si.Zr/c1-3-5-7-8-6-4-2;;;;/h3H,1-2,4-8H2;2*1H;1H4;/q-1;;;;+3/p-2. The molecule has 0 aliphatic rings. The van der Waals surface area contributed by atoms with Gasteiger partial charge in [-0.25, -0.2) is 0 Å². The summed E-state index contributed by atoms with van der Waals surface area (Å²) >= 11 is 0. The molecule has 0 rings (SSSR count). The zero-order valence-electron chi connectivity index (χ0n) is 6.78. The molecule has 0 bridgehead atoms. The summed E-state index contributed by atoms with van der Waals surface area (Å²) in [7, 11) is 0. The summed E-state index contributed by atoms with van der Waals surface area (Å²) < 4.78 is 0. The minimum absolute atomic E-state index is 0. The van der Waals surface area contributed by atoms with Crippen molar-refractivity contribution >= 4 is 11.0 Å². The second kappa shape index (κ2) is 29.4. The third kappa shape index (κ3) is 30.1. The molecule has 0 aliphatic heterocycles. The van der Waals surface area contributed by atoms with Crippen molar-refractivity contribution in [3.05, 3.63) is 19.6 Å². The third-order valence-electron chi connectivity index (χ3n) is 1.16. The van der Waals surface area contributed by atoms with Crippen molar-refractivity contribution in [1.82, 2.24) is 0 Å². The number of allylic oxidation sites excluding steroid dienone is 1. The van der Waals surface area contributed by atoms with Crippen LogP contribution in [0.4, 0.5) is 0 Å². The molecule has 0 fully saturated rings. The van der Waals surface area contributed by atoms with Crippen LogP contribution in [-0.2, 0) is 26.2 Å². The topological polar surface area (TPSA) is 0 Å². The molecule has 0 aromatic heterocycles. The van der Waals surface area contributed by atoms with Crippen LogP contribution in [0.2, 0.25) is 0 Å². The molecule has 0 saturated heterocycles. The summed E-state index contributed by atoms with van der Waals surface area (Å²) in [6, 6.07) is 0. The summed E-state index contributed by atoms with van der Waals surface area (Å²) in [5, 5.41) is 0. The molecule has 0 spiro atoms. The molecule has 0 aromatic carbocycles. The molecule has 0 nitrogen and oxygen atoms in total. The van der Waals surface area contributed by atoms with Crippen molar-refractivity contribution in [2.24, 2.45) is 0 Å². The number of halogens is 2. The van der Waals surface area contributed by atoms with E-state index in [1.54, 1.807) is 0 Å². The van der Waals surface area contributed by atoms with Crippen LogP contribution in [0.3, 0.4) is 0 Å². The first-order valence-electron chi connectivity index (χ1n) is 3.32. The van der Waals surface area contributed by atoms with E-state index in [0.29, 0.717) is 0 Å². The molecule has 0 aliphatic carbocycles. The Kier molecular flexibility index (Phi) is 71.6. The summed E-state index contributed by atoms with van der Waals surface area (Å²) in [6.45, 7) is 7.40. The number of rotatable bonds is 5. The van der Waals surface area contributed by atoms with Crippen LogP contribution in [0, 0.1) is 6.92 Å². The van der Waals surface area contributed by atoms with E-state index in [1.165, 1.54) is 25.7 Å². The van der Waals surface area contributed by atoms with E-state index in [2.05, 4.69) is 13.5 Å². The average molecular weight is 305 g/mol. The van der Waals surface area contributed by atoms with E-state index in [9.17, 15) is 0 Å². The zero-order chi connectivity index (χ0) is 6.24. The van der Waals surface area contributed by atoms with E-state index in [0.717, 1.165) is 6.42 Å². The van der Waals surface area contributed by atoms with Crippen molar-refractivity contribution in [1.29, 1.82) is 0 Å². The van der Waals surface area contributed by atoms with E-state index in [4.69, 9.17) is 0 Å². The Labute approximate surface area is 113 Å². The SMILES string of the molecule is C=CCCCCC[CH2-].[Cl-].[Cl-].[SiH4].[Zr+3]. The molecule has 12 heavy (non-hydrogen) atoms. The Bertz CT molecular complexity index is 63.0. The fourth-order valence-corrected chi connectivity index (χ4v) is 0.642. The van der Waals surface area contributed by atoms with Crippen LogP contribution in [0.1, 0.15) is 32.1 Å². The molecular weight excluding hydrogens is 286 g/mol. The predicted octanol–water partition coefficient (Wildman–Crippen LogP) is -4.49. The third-order valence-corrected chi connectivity index (χ3v) is 1.16. The van der Waals surface area contributed by atoms with Crippen molar-refractivity contribution in [3.63, 3.8) is 0 Å². The van der Waals surface area contributed by atoms with E-state index in [-0.39, 0.29) is 62.0 Å². The number of hydrogen-bond donors (Lipinski definition) is 0. The Balaban J connectivity index is -0.0000000408. The van der Waals surface area contributed by atoms with Crippen LogP contribution in [-0.4, -0.2) is 11.0 Å². The fraction of sp³-hybridized carbons (Fsp3) is 0.625. The normalized spacial score (nSPS) is 6.08. The van der Waals surface area contributed by atoms with Crippen molar-refractivity contribution in [3.8, 4) is 0 Å². The van der Waals surface area contributed by atoms with Crippen molar-refractivity contribution < 1.29 is 51.0 Å². The summed E-state index contributed by atoms with van der Waals surface area (Å²) in [5.74, 6) is 0. The molecule has 1 radical (unpaired) electrons. The van der Waals surface area contributed by atoms with Crippen LogP contribution >= 0.6 is 0 Å². The molecule has 4 heteroatoms. The van der Waals surface area contributed by atoms with Crippen LogP contribution in [0.25, 0.3) is 0 Å². The van der Waals surface area contributed by atoms with Crippen molar-refractivity contribution in [2.45, 2.75) is 32.1 Å². The molecule has 0 unspecified atom stereocenters. The molecule has 0 N–H and O–H groups in total. The summed E-state index contributed by atoms with van der Waals surface area (Å²) in [5.41, 5.74) is 0. The van der Waals surface area contributed by atoms with Gasteiger partial charge in [0, 0.05) is 0 Å². The molecule has 0 amide bonds. The van der Waals surface area contributed by atoms with Crippen LogP contribution < -0.4 is 24.8 Å². The second-order valence-corrected chi connectivity index (χ2v) is 1.99. The minimum atomic E-state index is 0. The van der Waals surface area contributed by atoms with Gasteiger partial charge in [0.1, 0.15) is 0 Å². The van der Waals surface area contributed by atoms with Gasteiger partial charge in [0.05, 0.1) is 0 Å². The van der Waals surface area contributed by atoms with Crippen LogP contribution in [0.5, 0.6) is 0 Å². The molecule has 0 aromatic rings. The minimum Gasteiger partial charge on any atom is -1.00 e. The van der Waals surface area contributed by atoms with Crippen molar-refractivity contribution in [2.75, 3.05) is 0 Å². The van der Waals surface area contributed by atoms with E-state index >= 15 is 0 Å². The van der Waals surface area contributed by atoms with Gasteiger partial charge in [0.15, 0.2) is 0 Å². The van der Waals surface area contributed by atoms with Gasteiger partial charge < -0.3 is 31.7 Å². The monoisotopic (exact) mass is 303 g/mol. The van der Waals surface area contributed by atoms with Gasteiger partial charge in [-0.3, -0.25) is 0 Å². The zero-order valence-corrected chi connectivity index (χ0v) is 10.8. The summed E-state index contributed by atoms with van der Waals surface area (Å²) in [6.07, 6.45) is 8.10. The Hall–Kier alpha value is 1.42. The largest absolute Gasteiger partial charge is 3.00 e. The predicted molar refractivity (Wildman–Crippen MR) is 50.0 cm³/mol.